The summed E-state index contributed by atoms with van der Waals surface area (Å²) in [6.07, 6.45) is 0.773. The molecule has 0 aromatic heterocycles. The Kier molecular flexibility index (Phi) is 2.46. The van der Waals surface area contributed by atoms with Crippen LogP contribution in [0.5, 0.6) is 0 Å². The Labute approximate surface area is 138 Å². The summed E-state index contributed by atoms with van der Waals surface area (Å²) in [6.45, 7) is 1.14. The van der Waals surface area contributed by atoms with E-state index in [1.165, 1.54) is 0 Å². The van der Waals surface area contributed by atoms with Crippen LogP contribution in [0.2, 0.25) is 0 Å². The highest BCUT2D eigenvalue weighted by Crippen LogP contribution is 2.46. The molecule has 6 heteroatoms. The Morgan fingerprint density at radius 3 is 2.42 bits per heavy atom. The number of nitrogens with two attached hydrogens (primary N) is 1. The van der Waals surface area contributed by atoms with Crippen molar-refractivity contribution >= 4 is 28.6 Å². The highest BCUT2D eigenvalue weighted by atomic mass is 16.5. The van der Waals surface area contributed by atoms with Crippen LogP contribution in [0.1, 0.15) is 38.3 Å². The zero-order valence-corrected chi connectivity index (χ0v) is 12.8. The van der Waals surface area contributed by atoms with E-state index in [9.17, 15) is 9.59 Å². The Bertz CT molecular complexity index is 929. The van der Waals surface area contributed by atoms with E-state index in [2.05, 4.69) is 10.6 Å². The molecule has 24 heavy (non-hydrogen) atoms. The molecule has 2 heterocycles. The first-order chi connectivity index (χ1) is 11.6. The fourth-order valence-electron chi connectivity index (χ4n) is 3.84. The van der Waals surface area contributed by atoms with Gasteiger partial charge in [0.15, 0.2) is 11.6 Å². The maximum Gasteiger partial charge on any atom is 0.196 e. The van der Waals surface area contributed by atoms with E-state index in [-0.39, 0.29) is 11.6 Å². The van der Waals surface area contributed by atoms with Crippen LogP contribution in [0, 0.1) is 0 Å². The van der Waals surface area contributed by atoms with E-state index in [0.29, 0.717) is 46.8 Å². The number of nitrogens with one attached hydrogen (secondary N) is 2. The lowest BCUT2D eigenvalue weighted by Crippen LogP contribution is -2.42. The lowest BCUT2D eigenvalue weighted by atomic mass is 9.82. The van der Waals surface area contributed by atoms with Crippen molar-refractivity contribution in [3.63, 3.8) is 0 Å². The van der Waals surface area contributed by atoms with Crippen molar-refractivity contribution in [1.82, 2.24) is 0 Å². The van der Waals surface area contributed by atoms with Gasteiger partial charge in [0.1, 0.15) is 5.66 Å². The minimum Gasteiger partial charge on any atom is -0.398 e. The molecule has 5 rings (SSSR count). The van der Waals surface area contributed by atoms with E-state index in [4.69, 9.17) is 10.5 Å². The Hall–Kier alpha value is -2.86. The number of carbonyl (C=O) groups excluding carboxylic acids is 2. The predicted octanol–water partition coefficient (Wildman–Crippen LogP) is 2.00. The van der Waals surface area contributed by atoms with Crippen LogP contribution in [-0.4, -0.2) is 30.4 Å². The zero-order chi connectivity index (χ0) is 16.5. The van der Waals surface area contributed by atoms with Crippen LogP contribution in [0.3, 0.4) is 0 Å². The molecule has 0 bridgehead atoms. The predicted molar refractivity (Wildman–Crippen MR) is 89.6 cm³/mol. The monoisotopic (exact) mass is 321 g/mol. The van der Waals surface area contributed by atoms with Crippen molar-refractivity contribution in [2.45, 2.75) is 12.1 Å². The molecule has 2 aliphatic heterocycles. The summed E-state index contributed by atoms with van der Waals surface area (Å²) < 4.78 is 5.48. The van der Waals surface area contributed by atoms with E-state index in [0.717, 1.165) is 12.1 Å². The molecule has 2 aromatic carbocycles. The van der Waals surface area contributed by atoms with Crippen molar-refractivity contribution in [3.8, 4) is 0 Å². The smallest absolute Gasteiger partial charge is 0.196 e. The second-order valence-corrected chi connectivity index (χ2v) is 6.48. The average molecular weight is 321 g/mol. The van der Waals surface area contributed by atoms with Gasteiger partial charge in [-0.1, -0.05) is 24.3 Å². The van der Waals surface area contributed by atoms with Crippen molar-refractivity contribution in [2.24, 2.45) is 0 Å². The molecule has 1 unspecified atom stereocenters. The molecule has 2 aromatic rings. The summed E-state index contributed by atoms with van der Waals surface area (Å²) in [5.41, 5.74) is 8.92. The van der Waals surface area contributed by atoms with Gasteiger partial charge in [-0.05, 0) is 6.07 Å². The van der Waals surface area contributed by atoms with Crippen molar-refractivity contribution in [1.29, 1.82) is 0 Å². The van der Waals surface area contributed by atoms with Crippen LogP contribution in [-0.2, 0) is 4.74 Å². The number of fused-ring (bicyclic) bond motifs is 4. The molecular weight excluding hydrogens is 306 g/mol. The van der Waals surface area contributed by atoms with Crippen LogP contribution >= 0.6 is 0 Å². The number of hydrogen-bond acceptors (Lipinski definition) is 6. The van der Waals surface area contributed by atoms with Crippen LogP contribution in [0.4, 0.5) is 17.1 Å². The van der Waals surface area contributed by atoms with E-state index >= 15 is 0 Å². The number of hydrogen-bond donors (Lipinski definition) is 3. The number of benzene rings is 2. The largest absolute Gasteiger partial charge is 0.398 e. The maximum absolute atomic E-state index is 13.1. The molecule has 0 radical (unpaired) electrons. The van der Waals surface area contributed by atoms with Gasteiger partial charge in [0.2, 0.25) is 0 Å². The molecule has 3 aliphatic rings. The van der Waals surface area contributed by atoms with Crippen molar-refractivity contribution in [2.75, 3.05) is 29.6 Å². The molecule has 0 saturated carbocycles. The second kappa shape index (κ2) is 4.36. The summed E-state index contributed by atoms with van der Waals surface area (Å²) >= 11 is 0. The second-order valence-electron chi connectivity index (χ2n) is 6.48. The van der Waals surface area contributed by atoms with Gasteiger partial charge in [-0.15, -0.1) is 0 Å². The van der Waals surface area contributed by atoms with Crippen LogP contribution in [0.25, 0.3) is 0 Å². The summed E-state index contributed by atoms with van der Waals surface area (Å²) in [4.78, 5) is 25.9. The van der Waals surface area contributed by atoms with E-state index in [1.54, 1.807) is 30.3 Å². The first kappa shape index (κ1) is 13.6. The fraction of sp³-hybridized carbons (Fsp3) is 0.222. The maximum atomic E-state index is 13.1. The lowest BCUT2D eigenvalue weighted by Gasteiger charge is -2.24. The molecule has 4 N–H and O–H groups in total. The van der Waals surface area contributed by atoms with Crippen molar-refractivity contribution in [3.05, 3.63) is 52.6 Å². The number of nitrogen functional groups attached to an aromatic ring is 1. The van der Waals surface area contributed by atoms with Crippen LogP contribution in [0.15, 0.2) is 30.3 Å². The van der Waals surface area contributed by atoms with Gasteiger partial charge in [-0.3, -0.25) is 9.59 Å². The van der Waals surface area contributed by atoms with Gasteiger partial charge < -0.3 is 21.1 Å². The SMILES string of the molecule is Nc1cc2c(c3c1C(=O)c1ccccc1C3=O)NC1(CCOC1)N2. The van der Waals surface area contributed by atoms with Crippen molar-refractivity contribution < 1.29 is 14.3 Å². The standard InChI is InChI=1S/C18H15N3O3/c19-11-7-12-15(21-18(20-12)5-6-24-8-18)14-13(11)16(22)9-3-1-2-4-10(9)17(14)23/h1-4,7,20-21H,5-6,8,19H2. The Morgan fingerprint density at radius 1 is 1.04 bits per heavy atom. The van der Waals surface area contributed by atoms with Gasteiger partial charge in [-0.2, -0.15) is 0 Å². The number of rotatable bonds is 0. The van der Waals surface area contributed by atoms with Gasteiger partial charge in [0, 0.05) is 23.2 Å². The minimum atomic E-state index is -0.426. The van der Waals surface area contributed by atoms with Gasteiger partial charge in [0.05, 0.1) is 35.7 Å². The third kappa shape index (κ3) is 1.58. The fourth-order valence-corrected chi connectivity index (χ4v) is 3.84. The minimum absolute atomic E-state index is 0.172. The molecule has 1 spiro atoms. The average Bonchev–Trinajstić information content (AvgIpc) is 3.18. The highest BCUT2D eigenvalue weighted by molar-refractivity contribution is 6.32. The first-order valence-corrected chi connectivity index (χ1v) is 7.89. The first-order valence-electron chi connectivity index (χ1n) is 7.89. The molecule has 1 aliphatic carbocycles. The highest BCUT2D eigenvalue weighted by Gasteiger charge is 2.44. The number of ether oxygens (including phenoxy) is 1. The van der Waals surface area contributed by atoms with Gasteiger partial charge >= 0.3 is 0 Å². The number of ketones is 2. The van der Waals surface area contributed by atoms with E-state index < -0.39 is 5.66 Å². The summed E-state index contributed by atoms with van der Waals surface area (Å²) in [5.74, 6) is -0.375. The Balaban J connectivity index is 1.75. The molecule has 1 fully saturated rings. The van der Waals surface area contributed by atoms with E-state index in [1.807, 2.05) is 0 Å². The third-order valence-electron chi connectivity index (χ3n) is 4.99. The molecular formula is C18H15N3O3. The molecule has 1 saturated heterocycles. The van der Waals surface area contributed by atoms with Gasteiger partial charge in [-0.25, -0.2) is 0 Å². The number of anilines is 3. The zero-order valence-electron chi connectivity index (χ0n) is 12.8. The Morgan fingerprint density at radius 2 is 1.75 bits per heavy atom. The van der Waals surface area contributed by atoms with Gasteiger partial charge in [0.25, 0.3) is 0 Å². The molecule has 6 nitrogen and oxygen atoms in total. The normalized spacial score (nSPS) is 23.5. The quantitative estimate of drug-likeness (QED) is 0.548. The molecule has 120 valence electrons. The summed E-state index contributed by atoms with van der Waals surface area (Å²) in [5, 5.41) is 6.76. The topological polar surface area (TPSA) is 93.5 Å². The summed E-state index contributed by atoms with van der Waals surface area (Å²) in [7, 11) is 0. The molecule has 1 atom stereocenters. The molecule has 0 amide bonds. The third-order valence-corrected chi connectivity index (χ3v) is 4.99. The summed E-state index contributed by atoms with van der Waals surface area (Å²) in [6, 6.07) is 8.60. The number of carbonyl (C=O) groups is 2. The lowest BCUT2D eigenvalue weighted by molar-refractivity contribution is 0.0980. The van der Waals surface area contributed by atoms with Crippen LogP contribution < -0.4 is 16.4 Å².